The number of allylic oxidation sites excluding steroid dienone is 1. The van der Waals surface area contributed by atoms with Crippen molar-refractivity contribution in [1.82, 2.24) is 0 Å². The van der Waals surface area contributed by atoms with Crippen molar-refractivity contribution in [2.24, 2.45) is 5.92 Å². The topological polar surface area (TPSA) is 74.6 Å². The van der Waals surface area contributed by atoms with Crippen LogP contribution in [0.2, 0.25) is 0 Å². The van der Waals surface area contributed by atoms with Gasteiger partial charge in [-0.15, -0.1) is 0 Å². The number of unbranched alkanes of at least 4 members (excludes halogenated alkanes) is 6. The molecule has 0 aromatic rings. The average molecular weight is 242 g/mol. The fraction of sp³-hybridized carbons (Fsp3) is 0.692. The summed E-state index contributed by atoms with van der Waals surface area (Å²) < 4.78 is 0. The zero-order valence-electron chi connectivity index (χ0n) is 10.4. The van der Waals surface area contributed by atoms with Crippen molar-refractivity contribution >= 4 is 11.9 Å². The highest BCUT2D eigenvalue weighted by Crippen LogP contribution is 2.08. The Labute approximate surface area is 102 Å². The second kappa shape index (κ2) is 9.87. The van der Waals surface area contributed by atoms with Crippen molar-refractivity contribution in [1.29, 1.82) is 0 Å². The molecule has 2 N–H and O–H groups in total. The van der Waals surface area contributed by atoms with E-state index in [4.69, 9.17) is 10.2 Å². The van der Waals surface area contributed by atoms with Crippen LogP contribution >= 0.6 is 0 Å². The zero-order valence-corrected chi connectivity index (χ0v) is 10.4. The normalized spacial score (nSPS) is 11.2. The van der Waals surface area contributed by atoms with E-state index in [1.54, 1.807) is 6.08 Å². The van der Waals surface area contributed by atoms with Crippen molar-refractivity contribution < 1.29 is 19.8 Å². The molecule has 0 aromatic carbocycles. The molecular formula is C13H22O4. The lowest BCUT2D eigenvalue weighted by Crippen LogP contribution is -2.20. The quantitative estimate of drug-likeness (QED) is 0.351. The maximum Gasteiger partial charge on any atom is 0.321 e. The summed E-state index contributed by atoms with van der Waals surface area (Å²) >= 11 is 0. The Hall–Kier alpha value is -1.32. The summed E-state index contributed by atoms with van der Waals surface area (Å²) in [7, 11) is 0. The Bertz CT molecular complexity index is 244. The highest BCUT2D eigenvalue weighted by Gasteiger charge is 2.21. The Balaban J connectivity index is 3.65. The molecule has 0 atom stereocenters. The van der Waals surface area contributed by atoms with Gasteiger partial charge in [0.05, 0.1) is 0 Å². The number of carboxylic acids is 2. The van der Waals surface area contributed by atoms with Crippen LogP contribution in [0, 0.1) is 5.92 Å². The number of hydrogen-bond acceptors (Lipinski definition) is 2. The maximum absolute atomic E-state index is 10.5. The van der Waals surface area contributed by atoms with Gasteiger partial charge in [-0.3, -0.25) is 9.59 Å². The first-order valence-electron chi connectivity index (χ1n) is 6.21. The predicted octanol–water partition coefficient (Wildman–Crippen LogP) is 3.08. The third-order valence-electron chi connectivity index (χ3n) is 2.58. The van der Waals surface area contributed by atoms with E-state index < -0.39 is 17.9 Å². The first-order chi connectivity index (χ1) is 8.09. The molecule has 0 saturated heterocycles. The number of carboxylic acid groups (broad SMARTS) is 2. The Morgan fingerprint density at radius 2 is 1.53 bits per heavy atom. The minimum atomic E-state index is -1.41. The summed E-state index contributed by atoms with van der Waals surface area (Å²) in [6.45, 7) is 2.17. The summed E-state index contributed by atoms with van der Waals surface area (Å²) in [5.74, 6) is -4.02. The van der Waals surface area contributed by atoms with Crippen LogP contribution < -0.4 is 0 Å². The standard InChI is InChI=1S/C13H22O4/c1-2-3-4-5-6-7-8-9-10-11(12(14)15)13(16)17/h9-11H,2-8H2,1H3,(H,14,15)(H,16,17)/b10-9-. The molecule has 4 heteroatoms. The monoisotopic (exact) mass is 242 g/mol. The van der Waals surface area contributed by atoms with Gasteiger partial charge in [-0.1, -0.05) is 51.2 Å². The first-order valence-corrected chi connectivity index (χ1v) is 6.21. The molecule has 0 unspecified atom stereocenters. The molecule has 0 rings (SSSR count). The van der Waals surface area contributed by atoms with Gasteiger partial charge in [-0.05, 0) is 12.8 Å². The minimum absolute atomic E-state index is 0.753. The molecule has 0 heterocycles. The SMILES string of the molecule is CCCCCCCC/C=C\C(C(=O)O)C(=O)O. The molecule has 0 spiro atoms. The smallest absolute Gasteiger partial charge is 0.321 e. The molecule has 17 heavy (non-hydrogen) atoms. The average Bonchev–Trinajstić information content (AvgIpc) is 2.26. The highest BCUT2D eigenvalue weighted by molar-refractivity contribution is 5.94. The van der Waals surface area contributed by atoms with E-state index in [1.165, 1.54) is 31.8 Å². The summed E-state index contributed by atoms with van der Waals surface area (Å²) in [6.07, 6.45) is 10.7. The van der Waals surface area contributed by atoms with E-state index in [1.807, 2.05) is 0 Å². The minimum Gasteiger partial charge on any atom is -0.480 e. The van der Waals surface area contributed by atoms with Crippen LogP contribution in [0.4, 0.5) is 0 Å². The number of carbonyl (C=O) groups is 2. The molecule has 4 nitrogen and oxygen atoms in total. The second-order valence-corrected chi connectivity index (χ2v) is 4.14. The van der Waals surface area contributed by atoms with Gasteiger partial charge in [-0.2, -0.15) is 0 Å². The van der Waals surface area contributed by atoms with Crippen molar-refractivity contribution in [3.8, 4) is 0 Å². The van der Waals surface area contributed by atoms with Gasteiger partial charge in [0.25, 0.3) is 0 Å². The van der Waals surface area contributed by atoms with Gasteiger partial charge >= 0.3 is 11.9 Å². The van der Waals surface area contributed by atoms with E-state index in [0.29, 0.717) is 0 Å². The van der Waals surface area contributed by atoms with Crippen LogP contribution in [0.15, 0.2) is 12.2 Å². The van der Waals surface area contributed by atoms with Gasteiger partial charge < -0.3 is 10.2 Å². The van der Waals surface area contributed by atoms with Crippen molar-refractivity contribution in [2.75, 3.05) is 0 Å². The lowest BCUT2D eigenvalue weighted by Gasteiger charge is -2.00. The largest absolute Gasteiger partial charge is 0.480 e. The Kier molecular flexibility index (Phi) is 9.11. The third kappa shape index (κ3) is 8.48. The number of aliphatic carboxylic acids is 2. The lowest BCUT2D eigenvalue weighted by atomic mass is 10.1. The fourth-order valence-electron chi connectivity index (χ4n) is 1.55. The van der Waals surface area contributed by atoms with E-state index in [-0.39, 0.29) is 0 Å². The fourth-order valence-corrected chi connectivity index (χ4v) is 1.55. The summed E-state index contributed by atoms with van der Waals surface area (Å²) in [4.78, 5) is 21.1. The van der Waals surface area contributed by atoms with Gasteiger partial charge in [0.15, 0.2) is 5.92 Å². The molecule has 0 saturated carbocycles. The molecular weight excluding hydrogens is 220 g/mol. The molecule has 0 aliphatic heterocycles. The van der Waals surface area contributed by atoms with Crippen LogP contribution in [-0.2, 0) is 9.59 Å². The molecule has 0 radical (unpaired) electrons. The van der Waals surface area contributed by atoms with Crippen LogP contribution in [0.3, 0.4) is 0 Å². The van der Waals surface area contributed by atoms with Crippen LogP contribution in [0.25, 0.3) is 0 Å². The third-order valence-corrected chi connectivity index (χ3v) is 2.58. The maximum atomic E-state index is 10.5. The van der Waals surface area contributed by atoms with Crippen LogP contribution in [0.1, 0.15) is 51.9 Å². The van der Waals surface area contributed by atoms with Gasteiger partial charge in [0.2, 0.25) is 0 Å². The highest BCUT2D eigenvalue weighted by atomic mass is 16.4. The molecule has 0 aliphatic rings. The van der Waals surface area contributed by atoms with Crippen LogP contribution in [0.5, 0.6) is 0 Å². The van der Waals surface area contributed by atoms with Gasteiger partial charge in [0, 0.05) is 0 Å². The molecule has 0 bridgehead atoms. The molecule has 0 fully saturated rings. The van der Waals surface area contributed by atoms with E-state index >= 15 is 0 Å². The molecule has 98 valence electrons. The molecule has 0 aromatic heterocycles. The molecule has 0 amide bonds. The van der Waals surface area contributed by atoms with Crippen LogP contribution in [-0.4, -0.2) is 22.2 Å². The predicted molar refractivity (Wildman–Crippen MR) is 65.9 cm³/mol. The number of rotatable bonds is 10. The van der Waals surface area contributed by atoms with E-state index in [0.717, 1.165) is 19.3 Å². The van der Waals surface area contributed by atoms with E-state index in [9.17, 15) is 9.59 Å². The summed E-state index contributed by atoms with van der Waals surface area (Å²) in [6, 6.07) is 0. The summed E-state index contributed by atoms with van der Waals surface area (Å²) in [5.41, 5.74) is 0. The molecule has 0 aliphatic carbocycles. The van der Waals surface area contributed by atoms with Crippen molar-refractivity contribution in [3.63, 3.8) is 0 Å². The van der Waals surface area contributed by atoms with E-state index in [2.05, 4.69) is 6.92 Å². The van der Waals surface area contributed by atoms with Gasteiger partial charge in [0.1, 0.15) is 0 Å². The Morgan fingerprint density at radius 1 is 1.00 bits per heavy atom. The second-order valence-electron chi connectivity index (χ2n) is 4.14. The van der Waals surface area contributed by atoms with Crippen molar-refractivity contribution in [3.05, 3.63) is 12.2 Å². The number of hydrogen-bond donors (Lipinski definition) is 2. The Morgan fingerprint density at radius 3 is 2.06 bits per heavy atom. The summed E-state index contributed by atoms with van der Waals surface area (Å²) in [5, 5.41) is 17.2. The van der Waals surface area contributed by atoms with Gasteiger partial charge in [-0.25, -0.2) is 0 Å². The zero-order chi connectivity index (χ0) is 13.1. The first kappa shape index (κ1) is 15.7. The van der Waals surface area contributed by atoms with Crippen molar-refractivity contribution in [2.45, 2.75) is 51.9 Å². The lowest BCUT2D eigenvalue weighted by molar-refractivity contribution is -0.151.